The van der Waals surface area contributed by atoms with Crippen LogP contribution in [-0.4, -0.2) is 12.1 Å². The molecule has 2 unspecified atom stereocenters. The highest BCUT2D eigenvalue weighted by atomic mass is 16.5. The summed E-state index contributed by atoms with van der Waals surface area (Å²) in [4.78, 5) is 6.12. The van der Waals surface area contributed by atoms with Gasteiger partial charge in [0.05, 0.1) is 12.2 Å². The van der Waals surface area contributed by atoms with E-state index in [0.717, 1.165) is 38.5 Å². The molecule has 0 radical (unpaired) electrons. The van der Waals surface area contributed by atoms with Crippen molar-refractivity contribution in [2.45, 2.75) is 76.7 Å². The minimum Gasteiger partial charge on any atom is -0.365 e. The quantitative estimate of drug-likeness (QED) is 0.214. The third kappa shape index (κ3) is 6.18. The van der Waals surface area contributed by atoms with E-state index in [0.29, 0.717) is 23.7 Å². The van der Waals surface area contributed by atoms with Crippen molar-refractivity contribution in [3.05, 3.63) is 92.7 Å². The SMILES string of the molecule is C[C@H]1C[C@H](N=[N+]=[N-])CC[C@H]1C(OC(c1ccccc1)[C@@H]1CC[C@@H](N=[N+]=[N-])C[C@@H]1C)c1ccccc1. The molecule has 8 atom stereocenters. The third-order valence-corrected chi connectivity index (χ3v) is 8.17. The average Bonchev–Trinajstić information content (AvgIpc) is 2.88. The van der Waals surface area contributed by atoms with Crippen LogP contribution in [0.3, 0.4) is 0 Å². The summed E-state index contributed by atoms with van der Waals surface area (Å²) in [6, 6.07) is 21.3. The Labute approximate surface area is 208 Å². The summed E-state index contributed by atoms with van der Waals surface area (Å²) in [7, 11) is 0. The summed E-state index contributed by atoms with van der Waals surface area (Å²) >= 11 is 0. The fourth-order valence-corrected chi connectivity index (χ4v) is 6.33. The summed E-state index contributed by atoms with van der Waals surface area (Å²) in [5.74, 6) is 1.48. The lowest BCUT2D eigenvalue weighted by Gasteiger charge is -2.43. The van der Waals surface area contributed by atoms with Crippen molar-refractivity contribution >= 4 is 0 Å². The zero-order valence-electron chi connectivity index (χ0n) is 20.7. The van der Waals surface area contributed by atoms with Gasteiger partial charge in [0.15, 0.2) is 0 Å². The predicted molar refractivity (Wildman–Crippen MR) is 138 cm³/mol. The number of azide groups is 2. The molecule has 35 heavy (non-hydrogen) atoms. The van der Waals surface area contributed by atoms with Crippen LogP contribution in [-0.2, 0) is 4.74 Å². The van der Waals surface area contributed by atoms with Crippen molar-refractivity contribution in [2.24, 2.45) is 33.9 Å². The first-order chi connectivity index (χ1) is 17.1. The van der Waals surface area contributed by atoms with Crippen LogP contribution in [0.25, 0.3) is 20.9 Å². The van der Waals surface area contributed by atoms with E-state index < -0.39 is 0 Å². The highest BCUT2D eigenvalue weighted by Gasteiger charge is 2.40. The Morgan fingerprint density at radius 1 is 0.686 bits per heavy atom. The van der Waals surface area contributed by atoms with E-state index in [1.165, 1.54) is 11.1 Å². The number of hydrogen-bond donors (Lipinski definition) is 0. The topological polar surface area (TPSA) is 107 Å². The van der Waals surface area contributed by atoms with Crippen LogP contribution in [0.4, 0.5) is 0 Å². The first-order valence-corrected chi connectivity index (χ1v) is 12.9. The average molecular weight is 473 g/mol. The Hall–Kier alpha value is -2.98. The fraction of sp³-hybridized carbons (Fsp3) is 0.571. The molecule has 0 spiro atoms. The molecule has 2 aliphatic carbocycles. The summed E-state index contributed by atoms with van der Waals surface area (Å²) in [5, 5.41) is 8.04. The van der Waals surface area contributed by atoms with Crippen LogP contribution in [0.2, 0.25) is 0 Å². The summed E-state index contributed by atoms with van der Waals surface area (Å²) in [6.07, 6.45) is 5.47. The van der Waals surface area contributed by atoms with Crippen molar-refractivity contribution in [1.29, 1.82) is 0 Å². The smallest absolute Gasteiger partial charge is 0.0864 e. The molecule has 2 saturated carbocycles. The van der Waals surface area contributed by atoms with E-state index >= 15 is 0 Å². The molecule has 0 saturated heterocycles. The molecule has 0 N–H and O–H groups in total. The van der Waals surface area contributed by atoms with E-state index in [4.69, 9.17) is 15.8 Å². The zero-order valence-corrected chi connectivity index (χ0v) is 20.7. The van der Waals surface area contributed by atoms with Gasteiger partial charge in [0.1, 0.15) is 0 Å². The fourth-order valence-electron chi connectivity index (χ4n) is 6.33. The molecule has 0 aliphatic heterocycles. The monoisotopic (exact) mass is 472 g/mol. The molecular formula is C28H36N6O. The maximum absolute atomic E-state index is 8.93. The van der Waals surface area contributed by atoms with E-state index in [1.807, 2.05) is 0 Å². The molecule has 0 heterocycles. The van der Waals surface area contributed by atoms with E-state index in [9.17, 15) is 0 Å². The van der Waals surface area contributed by atoms with Crippen LogP contribution in [0, 0.1) is 23.7 Å². The second-order valence-electron chi connectivity index (χ2n) is 10.4. The molecule has 0 aromatic heterocycles. The van der Waals surface area contributed by atoms with Crippen LogP contribution in [0.1, 0.15) is 75.7 Å². The molecule has 0 bridgehead atoms. The maximum Gasteiger partial charge on any atom is 0.0864 e. The van der Waals surface area contributed by atoms with Gasteiger partial charge in [0.2, 0.25) is 0 Å². The van der Waals surface area contributed by atoms with Gasteiger partial charge in [-0.1, -0.05) is 84.7 Å². The summed E-state index contributed by atoms with van der Waals surface area (Å²) in [5.41, 5.74) is 20.3. The zero-order chi connectivity index (χ0) is 24.6. The van der Waals surface area contributed by atoms with Gasteiger partial charge in [0.25, 0.3) is 0 Å². The van der Waals surface area contributed by atoms with E-state index in [-0.39, 0.29) is 24.3 Å². The standard InChI is InChI=1S/C28H36N6O/c1-19-17-23(31-33-29)13-15-25(19)27(21-9-5-3-6-10-21)35-28(22-11-7-4-8-12-22)26-16-14-24(32-34-30)18-20(26)2/h3-12,19-20,23-28H,13-18H2,1-2H3/t19-,20-,23+,24+,25+,26+,27?,28?/m0/s1. The van der Waals surface area contributed by atoms with Gasteiger partial charge in [-0.3, -0.25) is 0 Å². The van der Waals surface area contributed by atoms with Crippen LogP contribution in [0.5, 0.6) is 0 Å². The van der Waals surface area contributed by atoms with E-state index in [2.05, 4.69) is 94.6 Å². The molecule has 2 fully saturated rings. The second kappa shape index (κ2) is 12.1. The number of rotatable bonds is 8. The Morgan fingerprint density at radius 2 is 1.09 bits per heavy atom. The Morgan fingerprint density at radius 3 is 1.43 bits per heavy atom. The molecule has 7 nitrogen and oxygen atoms in total. The molecule has 2 aromatic rings. The number of hydrogen-bond acceptors (Lipinski definition) is 3. The van der Waals surface area contributed by atoms with Gasteiger partial charge < -0.3 is 4.74 Å². The molecule has 7 heteroatoms. The van der Waals surface area contributed by atoms with Crippen molar-refractivity contribution in [3.8, 4) is 0 Å². The highest BCUT2D eigenvalue weighted by Crippen LogP contribution is 2.48. The highest BCUT2D eigenvalue weighted by molar-refractivity contribution is 5.22. The maximum atomic E-state index is 8.93. The molecule has 2 aromatic carbocycles. The van der Waals surface area contributed by atoms with Gasteiger partial charge in [-0.2, -0.15) is 0 Å². The first kappa shape index (κ1) is 25.1. The first-order valence-electron chi connectivity index (χ1n) is 12.9. The lowest BCUT2D eigenvalue weighted by atomic mass is 9.72. The van der Waals surface area contributed by atoms with Gasteiger partial charge in [-0.05, 0) is 84.4 Å². The Balaban J connectivity index is 1.65. The van der Waals surface area contributed by atoms with Crippen molar-refractivity contribution in [3.63, 3.8) is 0 Å². The summed E-state index contributed by atoms with van der Waals surface area (Å²) < 4.78 is 7.23. The van der Waals surface area contributed by atoms with E-state index in [1.54, 1.807) is 0 Å². The number of nitrogens with zero attached hydrogens (tertiary/aromatic N) is 6. The molecule has 2 aliphatic rings. The van der Waals surface area contributed by atoms with Crippen molar-refractivity contribution in [2.75, 3.05) is 0 Å². The molecule has 0 amide bonds. The molecule has 4 rings (SSSR count). The van der Waals surface area contributed by atoms with Crippen molar-refractivity contribution < 1.29 is 4.74 Å². The molecule has 184 valence electrons. The normalized spacial score (nSPS) is 30.3. The lowest BCUT2D eigenvalue weighted by molar-refractivity contribution is -0.106. The number of ether oxygens (including phenoxy) is 1. The van der Waals surface area contributed by atoms with Gasteiger partial charge in [0, 0.05) is 21.9 Å². The summed E-state index contributed by atoms with van der Waals surface area (Å²) in [6.45, 7) is 4.54. The lowest BCUT2D eigenvalue weighted by Crippen LogP contribution is -2.35. The van der Waals surface area contributed by atoms with Crippen LogP contribution >= 0.6 is 0 Å². The minimum absolute atomic E-state index is 0.0366. The largest absolute Gasteiger partial charge is 0.365 e. The van der Waals surface area contributed by atoms with Crippen LogP contribution in [0.15, 0.2) is 70.9 Å². The Bertz CT molecular complexity index is 950. The van der Waals surface area contributed by atoms with Crippen molar-refractivity contribution in [1.82, 2.24) is 0 Å². The van der Waals surface area contributed by atoms with Gasteiger partial charge in [-0.15, -0.1) is 0 Å². The third-order valence-electron chi connectivity index (χ3n) is 8.17. The van der Waals surface area contributed by atoms with Gasteiger partial charge >= 0.3 is 0 Å². The second-order valence-corrected chi connectivity index (χ2v) is 10.4. The van der Waals surface area contributed by atoms with Gasteiger partial charge in [-0.25, -0.2) is 0 Å². The Kier molecular flexibility index (Phi) is 8.70. The predicted octanol–water partition coefficient (Wildman–Crippen LogP) is 8.72. The minimum atomic E-state index is -0.0366. The molecular weight excluding hydrogens is 436 g/mol. The van der Waals surface area contributed by atoms with Crippen LogP contribution < -0.4 is 0 Å². The number of benzene rings is 2.